The Morgan fingerprint density at radius 3 is 2.10 bits per heavy atom. The van der Waals surface area contributed by atoms with Crippen LogP contribution in [0.15, 0.2) is 67.0 Å². The van der Waals surface area contributed by atoms with E-state index in [0.29, 0.717) is 27.3 Å². The molecule has 2 heterocycles. The Morgan fingerprint density at radius 2 is 1.30 bits per heavy atom. The summed E-state index contributed by atoms with van der Waals surface area (Å²) in [7, 11) is 0. The molecule has 0 saturated heterocycles. The third kappa shape index (κ3) is 1.36. The minimum Gasteiger partial charge on any atom is -0.452 e. The molecule has 4 nitrogen and oxygen atoms in total. The Kier molecular flexibility index (Phi) is 2.09. The maximum Gasteiger partial charge on any atom is 0.344 e. The quantitative estimate of drug-likeness (QED) is 0.362. The van der Waals surface area contributed by atoms with Crippen molar-refractivity contribution < 1.29 is 8.83 Å². The molecule has 0 aliphatic carbocycles. The largest absolute Gasteiger partial charge is 0.452 e. The van der Waals surface area contributed by atoms with Crippen LogP contribution < -0.4 is 11.1 Å². The number of hydrogen-bond acceptors (Lipinski definition) is 4. The highest BCUT2D eigenvalue weighted by molar-refractivity contribution is 6.03. The van der Waals surface area contributed by atoms with Gasteiger partial charge in [0.1, 0.15) is 5.58 Å². The summed E-state index contributed by atoms with van der Waals surface area (Å²) in [6.07, 6.45) is 0. The van der Waals surface area contributed by atoms with E-state index in [-0.39, 0.29) is 11.0 Å². The zero-order valence-electron chi connectivity index (χ0n) is 10.3. The molecule has 0 amide bonds. The molecule has 0 spiro atoms. The van der Waals surface area contributed by atoms with Gasteiger partial charge in [0.05, 0.1) is 10.8 Å². The molecule has 2 aromatic heterocycles. The fourth-order valence-electron chi connectivity index (χ4n) is 2.40. The predicted molar refractivity (Wildman–Crippen MR) is 76.0 cm³/mol. The minimum atomic E-state index is -0.532. The van der Waals surface area contributed by atoms with Crippen LogP contribution >= 0.6 is 0 Å². The summed E-state index contributed by atoms with van der Waals surface area (Å²) in [5.74, 6) is 0. The first-order chi connectivity index (χ1) is 9.75. The summed E-state index contributed by atoms with van der Waals surface area (Å²) < 4.78 is 10.9. The van der Waals surface area contributed by atoms with E-state index in [1.165, 1.54) is 0 Å². The highest BCUT2D eigenvalue weighted by Gasteiger charge is 2.14. The van der Waals surface area contributed by atoms with Crippen LogP contribution in [-0.2, 0) is 0 Å². The highest BCUT2D eigenvalue weighted by Crippen LogP contribution is 2.24. The predicted octanol–water partition coefficient (Wildman–Crippen LogP) is 3.05. The SMILES string of the molecule is O=c1oc2c(=O)c3ccccc3oc2c2ccccc12. The van der Waals surface area contributed by atoms with Crippen molar-refractivity contribution in [1.29, 1.82) is 0 Å². The van der Waals surface area contributed by atoms with Gasteiger partial charge in [-0.25, -0.2) is 4.79 Å². The summed E-state index contributed by atoms with van der Waals surface area (Å²) in [4.78, 5) is 24.3. The molecule has 96 valence electrons. The first-order valence-electron chi connectivity index (χ1n) is 6.13. The van der Waals surface area contributed by atoms with Crippen molar-refractivity contribution in [3.63, 3.8) is 0 Å². The van der Waals surface area contributed by atoms with E-state index in [1.807, 2.05) is 0 Å². The normalized spacial score (nSPS) is 11.4. The Bertz CT molecular complexity index is 1080. The summed E-state index contributed by atoms with van der Waals surface area (Å²) in [5.41, 5.74) is -0.110. The van der Waals surface area contributed by atoms with E-state index in [0.717, 1.165) is 0 Å². The van der Waals surface area contributed by atoms with Crippen LogP contribution in [0, 0.1) is 0 Å². The molecule has 0 fully saturated rings. The van der Waals surface area contributed by atoms with Crippen molar-refractivity contribution >= 4 is 32.9 Å². The monoisotopic (exact) mass is 264 g/mol. The third-order valence-corrected chi connectivity index (χ3v) is 3.34. The number of rotatable bonds is 0. The van der Waals surface area contributed by atoms with Gasteiger partial charge in [0, 0.05) is 5.39 Å². The molecule has 0 atom stereocenters. The summed E-state index contributed by atoms with van der Waals surface area (Å²) >= 11 is 0. The number of para-hydroxylation sites is 1. The van der Waals surface area contributed by atoms with Crippen molar-refractivity contribution in [3.05, 3.63) is 69.2 Å². The Labute approximate surface area is 111 Å². The van der Waals surface area contributed by atoms with Gasteiger partial charge in [0.25, 0.3) is 0 Å². The fourth-order valence-corrected chi connectivity index (χ4v) is 2.40. The van der Waals surface area contributed by atoms with Crippen molar-refractivity contribution in [2.75, 3.05) is 0 Å². The van der Waals surface area contributed by atoms with E-state index in [9.17, 15) is 9.59 Å². The van der Waals surface area contributed by atoms with Gasteiger partial charge in [-0.15, -0.1) is 0 Å². The highest BCUT2D eigenvalue weighted by atomic mass is 16.4. The molecule has 0 radical (unpaired) electrons. The first-order valence-corrected chi connectivity index (χ1v) is 6.13. The van der Waals surface area contributed by atoms with E-state index in [4.69, 9.17) is 8.83 Å². The van der Waals surface area contributed by atoms with Crippen molar-refractivity contribution in [2.45, 2.75) is 0 Å². The minimum absolute atomic E-state index is 0.0348. The van der Waals surface area contributed by atoms with Crippen molar-refractivity contribution in [3.8, 4) is 0 Å². The molecule has 0 saturated carbocycles. The van der Waals surface area contributed by atoms with Gasteiger partial charge in [-0.05, 0) is 18.2 Å². The number of fused-ring (bicyclic) bond motifs is 4. The van der Waals surface area contributed by atoms with Crippen LogP contribution in [-0.4, -0.2) is 0 Å². The number of benzene rings is 2. The fraction of sp³-hybridized carbons (Fsp3) is 0. The second-order valence-corrected chi connectivity index (χ2v) is 4.52. The second-order valence-electron chi connectivity index (χ2n) is 4.52. The van der Waals surface area contributed by atoms with Crippen molar-refractivity contribution in [2.24, 2.45) is 0 Å². The molecule has 0 N–H and O–H groups in total. The van der Waals surface area contributed by atoms with Gasteiger partial charge in [0.15, 0.2) is 5.58 Å². The molecule has 0 unspecified atom stereocenters. The van der Waals surface area contributed by atoms with Crippen molar-refractivity contribution in [1.82, 2.24) is 0 Å². The second kappa shape index (κ2) is 3.81. The molecule has 4 heteroatoms. The molecule has 0 aliphatic rings. The van der Waals surface area contributed by atoms with Gasteiger partial charge in [-0.1, -0.05) is 30.3 Å². The lowest BCUT2D eigenvalue weighted by molar-refractivity contribution is 0.550. The topological polar surface area (TPSA) is 60.4 Å². The molecule has 0 bridgehead atoms. The van der Waals surface area contributed by atoms with E-state index in [2.05, 4.69) is 0 Å². The molecular formula is C16H8O4. The van der Waals surface area contributed by atoms with E-state index in [1.54, 1.807) is 48.5 Å². The lowest BCUT2D eigenvalue weighted by atomic mass is 10.1. The van der Waals surface area contributed by atoms with Crippen LogP contribution in [0.3, 0.4) is 0 Å². The average Bonchev–Trinajstić information content (AvgIpc) is 2.49. The van der Waals surface area contributed by atoms with Gasteiger partial charge >= 0.3 is 5.63 Å². The van der Waals surface area contributed by atoms with Crippen LogP contribution in [0.1, 0.15) is 0 Å². The molecule has 20 heavy (non-hydrogen) atoms. The first kappa shape index (κ1) is 11.0. The van der Waals surface area contributed by atoms with Gasteiger partial charge in [0.2, 0.25) is 11.0 Å². The van der Waals surface area contributed by atoms with Gasteiger partial charge < -0.3 is 8.83 Å². The summed E-state index contributed by atoms with van der Waals surface area (Å²) in [5, 5.41) is 1.39. The molecular weight excluding hydrogens is 256 g/mol. The summed E-state index contributed by atoms with van der Waals surface area (Å²) in [6.45, 7) is 0. The molecule has 4 rings (SSSR count). The molecule has 2 aromatic carbocycles. The zero-order valence-corrected chi connectivity index (χ0v) is 10.3. The lowest BCUT2D eigenvalue weighted by Crippen LogP contribution is -2.08. The maximum absolute atomic E-state index is 12.4. The lowest BCUT2D eigenvalue weighted by Gasteiger charge is -2.03. The molecule has 0 aliphatic heterocycles. The van der Waals surface area contributed by atoms with Crippen LogP contribution in [0.5, 0.6) is 0 Å². The molecule has 4 aromatic rings. The zero-order chi connectivity index (χ0) is 13.7. The Morgan fingerprint density at radius 1 is 0.650 bits per heavy atom. The van der Waals surface area contributed by atoms with Gasteiger partial charge in [-0.3, -0.25) is 4.79 Å². The number of hydrogen-bond donors (Lipinski definition) is 0. The maximum atomic E-state index is 12.4. The van der Waals surface area contributed by atoms with Crippen LogP contribution in [0.2, 0.25) is 0 Å². The third-order valence-electron chi connectivity index (χ3n) is 3.34. The average molecular weight is 264 g/mol. The Hall–Kier alpha value is -2.88. The van der Waals surface area contributed by atoms with E-state index >= 15 is 0 Å². The summed E-state index contributed by atoms with van der Waals surface area (Å²) in [6, 6.07) is 13.8. The standard InChI is InChI=1S/C16H8O4/c17-13-11-7-3-4-8-12(11)19-14-9-5-1-2-6-10(9)16(18)20-15(13)14/h1-8H. The smallest absolute Gasteiger partial charge is 0.344 e. The van der Waals surface area contributed by atoms with Crippen LogP contribution in [0.4, 0.5) is 0 Å². The van der Waals surface area contributed by atoms with E-state index < -0.39 is 5.63 Å². The van der Waals surface area contributed by atoms with Gasteiger partial charge in [-0.2, -0.15) is 0 Å². The van der Waals surface area contributed by atoms with Crippen LogP contribution in [0.25, 0.3) is 32.9 Å². The Balaban J connectivity index is 2.41.